The quantitative estimate of drug-likeness (QED) is 0.328. The lowest BCUT2D eigenvalue weighted by molar-refractivity contribution is -0.120. The molecule has 0 spiro atoms. The Morgan fingerprint density at radius 1 is 1.20 bits per heavy atom. The molecule has 1 unspecified atom stereocenters. The molecule has 1 atom stereocenters. The van der Waals surface area contributed by atoms with Crippen molar-refractivity contribution >= 4 is 41.5 Å². The van der Waals surface area contributed by atoms with Crippen LogP contribution in [0.2, 0.25) is 0 Å². The van der Waals surface area contributed by atoms with Crippen molar-refractivity contribution in [3.05, 3.63) is 12.4 Å². The van der Waals surface area contributed by atoms with Crippen LogP contribution in [0.4, 0.5) is 5.69 Å². The zero-order valence-electron chi connectivity index (χ0n) is 18.8. The number of guanidine groups is 1. The van der Waals surface area contributed by atoms with Crippen molar-refractivity contribution in [2.45, 2.75) is 13.8 Å². The second-order valence-corrected chi connectivity index (χ2v) is 8.24. The van der Waals surface area contributed by atoms with Gasteiger partial charge in [0.2, 0.25) is 5.91 Å². The van der Waals surface area contributed by atoms with E-state index in [0.717, 1.165) is 64.0 Å². The number of amides is 1. The lowest BCUT2D eigenvalue weighted by Crippen LogP contribution is -2.55. The third kappa shape index (κ3) is 6.81. The number of carbonyl (C=O) groups is 1. The largest absolute Gasteiger partial charge is 0.357 e. The van der Waals surface area contributed by atoms with Gasteiger partial charge in [-0.05, 0) is 19.9 Å². The molecule has 1 amide bonds. The molecule has 0 radical (unpaired) electrons. The molecule has 3 rings (SSSR count). The van der Waals surface area contributed by atoms with Gasteiger partial charge in [0.15, 0.2) is 5.96 Å². The molecule has 1 N–H and O–H groups in total. The van der Waals surface area contributed by atoms with Crippen LogP contribution in [0.5, 0.6) is 0 Å². The van der Waals surface area contributed by atoms with E-state index in [4.69, 9.17) is 4.99 Å². The first kappa shape index (κ1) is 24.9. The Bertz CT molecular complexity index is 701. The highest BCUT2D eigenvalue weighted by Crippen LogP contribution is 2.16. The summed E-state index contributed by atoms with van der Waals surface area (Å²) in [7, 11) is 4.05. The number of halogens is 1. The molecule has 30 heavy (non-hydrogen) atoms. The predicted octanol–water partition coefficient (Wildman–Crippen LogP) is 0.536. The number of aliphatic imine (C=N–C) groups is 1. The van der Waals surface area contributed by atoms with Gasteiger partial charge in [-0.1, -0.05) is 6.92 Å². The number of carbonyl (C=O) groups excluding carboxylic acids is 1. The molecule has 0 aromatic carbocycles. The minimum absolute atomic E-state index is 0. The highest BCUT2D eigenvalue weighted by Gasteiger charge is 2.27. The number of rotatable bonds is 6. The van der Waals surface area contributed by atoms with Gasteiger partial charge in [0, 0.05) is 72.1 Å². The number of nitrogens with one attached hydrogen (secondary N) is 1. The summed E-state index contributed by atoms with van der Waals surface area (Å²) in [5, 5.41) is 7.54. The number of likely N-dealkylation sites (N-methyl/N-ethyl adjacent to an activating group) is 1. The first-order valence-electron chi connectivity index (χ1n) is 10.7. The number of aryl methyl sites for hydroxylation is 1. The molecule has 9 nitrogen and oxygen atoms in total. The summed E-state index contributed by atoms with van der Waals surface area (Å²) < 4.78 is 1.72. The number of hydrogen-bond donors (Lipinski definition) is 1. The maximum atomic E-state index is 12.7. The molecule has 0 saturated carbocycles. The second kappa shape index (κ2) is 11.8. The van der Waals surface area contributed by atoms with Crippen molar-refractivity contribution in [2.75, 3.05) is 77.4 Å². The summed E-state index contributed by atoms with van der Waals surface area (Å²) in [6.45, 7) is 13.3. The van der Waals surface area contributed by atoms with Crippen molar-refractivity contribution in [1.29, 1.82) is 0 Å². The third-order valence-corrected chi connectivity index (χ3v) is 5.58. The minimum Gasteiger partial charge on any atom is -0.357 e. The minimum atomic E-state index is 0. The standard InChI is InChI=1S/C20H36N8O.HI/c1-5-21-20(22-12-17(2)14-26-8-6-24(3)7-9-26)27-10-11-28(19(29)16-27)18-13-23-25(4)15-18;/h13,15,17H,5-12,14,16H2,1-4H3,(H,21,22);1H. The lowest BCUT2D eigenvalue weighted by Gasteiger charge is -2.36. The average Bonchev–Trinajstić information content (AvgIpc) is 3.13. The van der Waals surface area contributed by atoms with Crippen LogP contribution in [0.25, 0.3) is 0 Å². The van der Waals surface area contributed by atoms with Crippen molar-refractivity contribution in [2.24, 2.45) is 18.0 Å². The maximum Gasteiger partial charge on any atom is 0.246 e. The van der Waals surface area contributed by atoms with Crippen LogP contribution in [-0.2, 0) is 11.8 Å². The molecule has 0 bridgehead atoms. The Labute approximate surface area is 197 Å². The predicted molar refractivity (Wildman–Crippen MR) is 132 cm³/mol. The number of nitrogens with zero attached hydrogens (tertiary/aromatic N) is 7. The van der Waals surface area contributed by atoms with Crippen LogP contribution >= 0.6 is 24.0 Å². The molecule has 0 aliphatic carbocycles. The summed E-state index contributed by atoms with van der Waals surface area (Å²) in [5.74, 6) is 1.41. The number of hydrogen-bond acceptors (Lipinski definition) is 5. The van der Waals surface area contributed by atoms with E-state index >= 15 is 0 Å². The van der Waals surface area contributed by atoms with Crippen LogP contribution in [0.15, 0.2) is 17.4 Å². The number of aromatic nitrogens is 2. The van der Waals surface area contributed by atoms with Crippen LogP contribution in [0, 0.1) is 5.92 Å². The first-order chi connectivity index (χ1) is 14.0. The molecular formula is C20H37IN8O. The van der Waals surface area contributed by atoms with Gasteiger partial charge < -0.3 is 24.9 Å². The van der Waals surface area contributed by atoms with Gasteiger partial charge in [-0.25, -0.2) is 0 Å². The summed E-state index contributed by atoms with van der Waals surface area (Å²) in [4.78, 5) is 26.4. The van der Waals surface area contributed by atoms with Crippen LogP contribution < -0.4 is 10.2 Å². The molecular weight excluding hydrogens is 495 g/mol. The third-order valence-electron chi connectivity index (χ3n) is 5.58. The van der Waals surface area contributed by atoms with E-state index in [-0.39, 0.29) is 29.9 Å². The Morgan fingerprint density at radius 3 is 2.53 bits per heavy atom. The summed E-state index contributed by atoms with van der Waals surface area (Å²) in [5.41, 5.74) is 0.861. The van der Waals surface area contributed by atoms with Crippen molar-refractivity contribution in [3.63, 3.8) is 0 Å². The molecule has 2 aliphatic rings. The Kier molecular flexibility index (Phi) is 9.82. The lowest BCUT2D eigenvalue weighted by atomic mass is 10.1. The summed E-state index contributed by atoms with van der Waals surface area (Å²) in [6.07, 6.45) is 3.62. The fourth-order valence-electron chi connectivity index (χ4n) is 3.87. The SMILES string of the molecule is CCNC(=NCC(C)CN1CCN(C)CC1)N1CCN(c2cnn(C)c2)C(=O)C1.I. The monoisotopic (exact) mass is 532 g/mol. The Balaban J connectivity index is 0.00000320. The number of piperazine rings is 2. The fourth-order valence-corrected chi connectivity index (χ4v) is 3.87. The molecule has 2 aliphatic heterocycles. The Hall–Kier alpha value is -1.40. The van der Waals surface area contributed by atoms with E-state index < -0.39 is 0 Å². The smallest absolute Gasteiger partial charge is 0.246 e. The topological polar surface area (TPSA) is 72.2 Å². The van der Waals surface area contributed by atoms with Crippen LogP contribution in [0.1, 0.15) is 13.8 Å². The van der Waals surface area contributed by atoms with E-state index in [1.807, 2.05) is 18.1 Å². The zero-order chi connectivity index (χ0) is 20.8. The van der Waals surface area contributed by atoms with E-state index in [1.165, 1.54) is 0 Å². The summed E-state index contributed by atoms with van der Waals surface area (Å²) >= 11 is 0. The van der Waals surface area contributed by atoms with E-state index in [1.54, 1.807) is 10.9 Å². The molecule has 1 aromatic heterocycles. The van der Waals surface area contributed by atoms with Gasteiger partial charge in [-0.15, -0.1) is 24.0 Å². The van der Waals surface area contributed by atoms with Gasteiger partial charge >= 0.3 is 0 Å². The van der Waals surface area contributed by atoms with Gasteiger partial charge in [0.1, 0.15) is 6.54 Å². The van der Waals surface area contributed by atoms with Crippen molar-refractivity contribution < 1.29 is 4.79 Å². The highest BCUT2D eigenvalue weighted by molar-refractivity contribution is 14.0. The highest BCUT2D eigenvalue weighted by atomic mass is 127. The average molecular weight is 532 g/mol. The van der Waals surface area contributed by atoms with Crippen LogP contribution in [0.3, 0.4) is 0 Å². The van der Waals surface area contributed by atoms with Crippen LogP contribution in [-0.4, -0.2) is 109 Å². The Morgan fingerprint density at radius 2 is 1.93 bits per heavy atom. The van der Waals surface area contributed by atoms with E-state index in [0.29, 0.717) is 19.0 Å². The fraction of sp³-hybridized carbons (Fsp3) is 0.750. The molecule has 2 fully saturated rings. The van der Waals surface area contributed by atoms with Crippen molar-refractivity contribution in [1.82, 2.24) is 29.8 Å². The van der Waals surface area contributed by atoms with Gasteiger partial charge in [0.25, 0.3) is 0 Å². The molecule has 1 aromatic rings. The van der Waals surface area contributed by atoms with Gasteiger partial charge in [0.05, 0.1) is 11.9 Å². The molecule has 10 heteroatoms. The zero-order valence-corrected chi connectivity index (χ0v) is 21.1. The van der Waals surface area contributed by atoms with Gasteiger partial charge in [-0.3, -0.25) is 14.5 Å². The van der Waals surface area contributed by atoms with E-state index in [2.05, 4.69) is 46.0 Å². The number of anilines is 1. The van der Waals surface area contributed by atoms with E-state index in [9.17, 15) is 4.79 Å². The van der Waals surface area contributed by atoms with Crippen molar-refractivity contribution in [3.8, 4) is 0 Å². The molecule has 2 saturated heterocycles. The second-order valence-electron chi connectivity index (χ2n) is 8.24. The normalized spacial score (nSPS) is 20.3. The summed E-state index contributed by atoms with van der Waals surface area (Å²) in [6, 6.07) is 0. The molecule has 3 heterocycles. The molecule has 170 valence electrons. The maximum absolute atomic E-state index is 12.7. The first-order valence-corrected chi connectivity index (χ1v) is 10.7. The van der Waals surface area contributed by atoms with Gasteiger partial charge in [-0.2, -0.15) is 5.10 Å².